The van der Waals surface area contributed by atoms with Crippen molar-refractivity contribution in [2.45, 2.75) is 19.0 Å². The van der Waals surface area contributed by atoms with E-state index in [9.17, 15) is 18.0 Å². The van der Waals surface area contributed by atoms with Gasteiger partial charge in [0.05, 0.1) is 0 Å². The number of nitrogens with one attached hydrogen (secondary N) is 1. The molecule has 25 heavy (non-hydrogen) atoms. The van der Waals surface area contributed by atoms with Crippen LogP contribution in [0.1, 0.15) is 17.0 Å². The van der Waals surface area contributed by atoms with Crippen LogP contribution < -0.4 is 5.56 Å². The van der Waals surface area contributed by atoms with Gasteiger partial charge in [0.15, 0.2) is 0 Å². The Bertz CT molecular complexity index is 950. The minimum Gasteiger partial charge on any atom is -0.329 e. The third-order valence-corrected chi connectivity index (χ3v) is 4.35. The van der Waals surface area contributed by atoms with Crippen molar-refractivity contribution in [3.8, 4) is 11.4 Å². The van der Waals surface area contributed by atoms with Crippen molar-refractivity contribution >= 4 is 15.9 Å². The second-order valence-corrected chi connectivity index (χ2v) is 6.07. The van der Waals surface area contributed by atoms with Crippen LogP contribution in [0.25, 0.3) is 11.4 Å². The largest absolute Gasteiger partial charge is 0.471 e. The molecule has 0 aliphatic carbocycles. The standard InChI is InChI=1S/C16H11BrF3N3O2/c17-12-4-2-1-3-9(12)5-6-11-10(7-8-21-14(11)24)13-22-15(25-23-13)16(18,19)20/h1-4,7-8H,5-6H2,(H,21,24). The molecule has 3 aromatic rings. The highest BCUT2D eigenvalue weighted by atomic mass is 79.9. The average molecular weight is 414 g/mol. The molecule has 130 valence electrons. The Balaban J connectivity index is 1.94. The Kier molecular flexibility index (Phi) is 4.76. The number of alkyl halides is 3. The molecule has 0 bridgehead atoms. The second-order valence-electron chi connectivity index (χ2n) is 5.21. The van der Waals surface area contributed by atoms with Gasteiger partial charge in [0.1, 0.15) is 0 Å². The summed E-state index contributed by atoms with van der Waals surface area (Å²) in [6.07, 6.45) is -2.57. The summed E-state index contributed by atoms with van der Waals surface area (Å²) in [6.45, 7) is 0. The van der Waals surface area contributed by atoms with Crippen LogP contribution in [-0.4, -0.2) is 15.1 Å². The summed E-state index contributed by atoms with van der Waals surface area (Å²) in [5.41, 5.74) is 1.09. The van der Waals surface area contributed by atoms with Crippen molar-refractivity contribution in [3.05, 3.63) is 68.4 Å². The summed E-state index contributed by atoms with van der Waals surface area (Å²) in [4.78, 5) is 18.0. The number of halogens is 4. The van der Waals surface area contributed by atoms with E-state index in [0.717, 1.165) is 10.0 Å². The molecule has 0 saturated carbocycles. The zero-order chi connectivity index (χ0) is 18.0. The van der Waals surface area contributed by atoms with Gasteiger partial charge < -0.3 is 9.51 Å². The molecule has 0 amide bonds. The maximum Gasteiger partial charge on any atom is 0.471 e. The van der Waals surface area contributed by atoms with Gasteiger partial charge in [0, 0.05) is 21.8 Å². The maximum atomic E-state index is 12.6. The lowest BCUT2D eigenvalue weighted by Crippen LogP contribution is -2.15. The van der Waals surface area contributed by atoms with Crippen LogP contribution in [0.4, 0.5) is 13.2 Å². The molecule has 0 saturated heterocycles. The molecule has 0 aliphatic rings. The summed E-state index contributed by atoms with van der Waals surface area (Å²) in [5.74, 6) is -1.71. The molecule has 0 radical (unpaired) electrons. The van der Waals surface area contributed by atoms with E-state index in [2.05, 4.69) is 35.6 Å². The molecular weight excluding hydrogens is 403 g/mol. The van der Waals surface area contributed by atoms with Crippen LogP contribution in [0.15, 0.2) is 50.3 Å². The molecule has 2 aromatic heterocycles. The van der Waals surface area contributed by atoms with Crippen LogP contribution in [0.3, 0.4) is 0 Å². The Morgan fingerprint density at radius 2 is 1.92 bits per heavy atom. The van der Waals surface area contributed by atoms with Crippen LogP contribution in [0, 0.1) is 0 Å². The van der Waals surface area contributed by atoms with Gasteiger partial charge >= 0.3 is 12.1 Å². The van der Waals surface area contributed by atoms with E-state index in [1.54, 1.807) is 0 Å². The topological polar surface area (TPSA) is 71.8 Å². The highest BCUT2D eigenvalue weighted by molar-refractivity contribution is 9.10. The molecule has 0 aliphatic heterocycles. The number of hydrogen-bond donors (Lipinski definition) is 1. The predicted octanol–water partition coefficient (Wildman–Crippen LogP) is 3.99. The first-order chi connectivity index (χ1) is 11.9. The van der Waals surface area contributed by atoms with Crippen molar-refractivity contribution in [3.63, 3.8) is 0 Å². The first-order valence-corrected chi connectivity index (χ1v) is 8.01. The third kappa shape index (κ3) is 3.81. The third-order valence-electron chi connectivity index (χ3n) is 3.58. The van der Waals surface area contributed by atoms with Crippen molar-refractivity contribution in [1.82, 2.24) is 15.1 Å². The van der Waals surface area contributed by atoms with E-state index >= 15 is 0 Å². The predicted molar refractivity (Wildman–Crippen MR) is 86.9 cm³/mol. The summed E-state index contributed by atoms with van der Waals surface area (Å²) >= 11 is 3.43. The van der Waals surface area contributed by atoms with Gasteiger partial charge in [-0.2, -0.15) is 18.2 Å². The summed E-state index contributed by atoms with van der Waals surface area (Å²) in [6, 6.07) is 8.97. The van der Waals surface area contributed by atoms with Gasteiger partial charge in [-0.1, -0.05) is 39.3 Å². The summed E-state index contributed by atoms with van der Waals surface area (Å²) in [7, 11) is 0. The fourth-order valence-corrected chi connectivity index (χ4v) is 2.86. The number of H-pyrrole nitrogens is 1. The lowest BCUT2D eigenvalue weighted by Gasteiger charge is -2.07. The minimum atomic E-state index is -4.73. The monoisotopic (exact) mass is 413 g/mol. The first kappa shape index (κ1) is 17.4. The number of hydrogen-bond acceptors (Lipinski definition) is 4. The summed E-state index contributed by atoms with van der Waals surface area (Å²) < 4.78 is 43.1. The normalized spacial score (nSPS) is 11.7. The molecule has 5 nitrogen and oxygen atoms in total. The van der Waals surface area contributed by atoms with Gasteiger partial charge in [-0.05, 0) is 30.5 Å². The molecule has 0 spiro atoms. The van der Waals surface area contributed by atoms with Crippen LogP contribution >= 0.6 is 15.9 Å². The average Bonchev–Trinajstić information content (AvgIpc) is 3.05. The number of nitrogens with zero attached hydrogens (tertiary/aromatic N) is 2. The van der Waals surface area contributed by atoms with E-state index in [-0.39, 0.29) is 11.4 Å². The van der Waals surface area contributed by atoms with Crippen LogP contribution in [0.2, 0.25) is 0 Å². The second kappa shape index (κ2) is 6.83. The zero-order valence-electron chi connectivity index (χ0n) is 12.6. The van der Waals surface area contributed by atoms with E-state index in [1.807, 2.05) is 24.3 Å². The smallest absolute Gasteiger partial charge is 0.329 e. The molecule has 0 fully saturated rings. The van der Waals surface area contributed by atoms with Crippen molar-refractivity contribution < 1.29 is 17.7 Å². The first-order valence-electron chi connectivity index (χ1n) is 7.21. The minimum absolute atomic E-state index is 0.218. The Hall–Kier alpha value is -2.42. The molecule has 0 atom stereocenters. The lowest BCUT2D eigenvalue weighted by atomic mass is 10.0. The van der Waals surface area contributed by atoms with Crippen LogP contribution in [0.5, 0.6) is 0 Å². The van der Waals surface area contributed by atoms with Gasteiger partial charge in [-0.15, -0.1) is 0 Å². The molecule has 1 aromatic carbocycles. The zero-order valence-corrected chi connectivity index (χ0v) is 14.2. The highest BCUT2D eigenvalue weighted by Gasteiger charge is 2.38. The van der Waals surface area contributed by atoms with E-state index in [0.29, 0.717) is 18.4 Å². The molecule has 2 heterocycles. The SMILES string of the molecule is O=c1[nH]ccc(-c2noc(C(F)(F)F)n2)c1CCc1ccccc1Br. The van der Waals surface area contributed by atoms with E-state index < -0.39 is 17.6 Å². The number of aromatic nitrogens is 3. The Labute approximate surface area is 148 Å². The van der Waals surface area contributed by atoms with Gasteiger partial charge in [-0.3, -0.25) is 4.79 Å². The van der Waals surface area contributed by atoms with Gasteiger partial charge in [0.2, 0.25) is 5.82 Å². The quantitative estimate of drug-likeness (QED) is 0.701. The van der Waals surface area contributed by atoms with Crippen molar-refractivity contribution in [1.29, 1.82) is 0 Å². The van der Waals surface area contributed by atoms with Crippen molar-refractivity contribution in [2.75, 3.05) is 0 Å². The van der Waals surface area contributed by atoms with Gasteiger partial charge in [0.25, 0.3) is 5.56 Å². The number of benzene rings is 1. The summed E-state index contributed by atoms with van der Waals surface area (Å²) in [5, 5.41) is 3.36. The molecule has 0 unspecified atom stereocenters. The van der Waals surface area contributed by atoms with Gasteiger partial charge in [-0.25, -0.2) is 0 Å². The van der Waals surface area contributed by atoms with Crippen LogP contribution in [-0.2, 0) is 19.0 Å². The Morgan fingerprint density at radius 3 is 2.60 bits per heavy atom. The fraction of sp³-hybridized carbons (Fsp3) is 0.188. The number of aryl methyl sites for hydroxylation is 1. The number of aromatic amines is 1. The van der Waals surface area contributed by atoms with Crippen molar-refractivity contribution in [2.24, 2.45) is 0 Å². The van der Waals surface area contributed by atoms with E-state index in [4.69, 9.17) is 0 Å². The Morgan fingerprint density at radius 1 is 1.16 bits per heavy atom. The lowest BCUT2D eigenvalue weighted by molar-refractivity contribution is -0.159. The number of pyridine rings is 1. The molecule has 9 heteroatoms. The molecule has 1 N–H and O–H groups in total. The van der Waals surface area contributed by atoms with E-state index in [1.165, 1.54) is 12.3 Å². The fourth-order valence-electron chi connectivity index (χ4n) is 2.38. The molecular formula is C16H11BrF3N3O2. The number of rotatable bonds is 4. The molecule has 3 rings (SSSR count). The highest BCUT2D eigenvalue weighted by Crippen LogP contribution is 2.30. The maximum absolute atomic E-state index is 12.6.